The highest BCUT2D eigenvalue weighted by Crippen LogP contribution is 2.27. The van der Waals surface area contributed by atoms with Gasteiger partial charge in [-0.05, 0) is 62.4 Å². The van der Waals surface area contributed by atoms with Crippen molar-refractivity contribution in [3.8, 4) is 11.5 Å². The molecular formula is C19H17Cl2N3O3. The molecule has 1 heterocycles. The van der Waals surface area contributed by atoms with Crippen molar-refractivity contribution in [1.29, 1.82) is 0 Å². The molecule has 0 aliphatic rings. The van der Waals surface area contributed by atoms with Crippen molar-refractivity contribution in [2.45, 2.75) is 25.7 Å². The second-order valence-corrected chi connectivity index (χ2v) is 7.10. The van der Waals surface area contributed by atoms with E-state index in [1.807, 2.05) is 0 Å². The summed E-state index contributed by atoms with van der Waals surface area (Å²) in [5.41, 5.74) is -1.20. The summed E-state index contributed by atoms with van der Waals surface area (Å²) in [6.07, 6.45) is 1.69. The van der Waals surface area contributed by atoms with Crippen LogP contribution in [0.25, 0.3) is 0 Å². The number of hydrogen-bond acceptors (Lipinski definition) is 5. The molecular weight excluding hydrogens is 389 g/mol. The molecule has 1 atom stereocenters. The van der Waals surface area contributed by atoms with Crippen molar-refractivity contribution in [2.24, 2.45) is 0 Å². The molecule has 0 saturated carbocycles. The summed E-state index contributed by atoms with van der Waals surface area (Å²) in [7, 11) is 0. The van der Waals surface area contributed by atoms with Gasteiger partial charge in [-0.25, -0.2) is 9.67 Å². The smallest absolute Gasteiger partial charge is 0.255 e. The highest BCUT2D eigenvalue weighted by Gasteiger charge is 2.39. The fourth-order valence-corrected chi connectivity index (χ4v) is 2.61. The topological polar surface area (TPSA) is 66.2 Å². The Morgan fingerprint density at radius 1 is 1.00 bits per heavy atom. The van der Waals surface area contributed by atoms with Crippen LogP contribution >= 0.6 is 23.2 Å². The molecule has 3 rings (SSSR count). The largest absolute Gasteiger partial charge is 0.480 e. The van der Waals surface area contributed by atoms with E-state index in [0.717, 1.165) is 0 Å². The van der Waals surface area contributed by atoms with E-state index in [0.29, 0.717) is 21.5 Å². The van der Waals surface area contributed by atoms with Crippen molar-refractivity contribution < 1.29 is 14.3 Å². The summed E-state index contributed by atoms with van der Waals surface area (Å²) in [6.45, 7) is 3.33. The van der Waals surface area contributed by atoms with Crippen molar-refractivity contribution in [2.75, 3.05) is 0 Å². The van der Waals surface area contributed by atoms with E-state index in [1.165, 1.54) is 17.3 Å². The number of nitrogens with zero attached hydrogens (tertiary/aromatic N) is 3. The maximum atomic E-state index is 13.2. The van der Waals surface area contributed by atoms with Gasteiger partial charge in [0, 0.05) is 10.0 Å². The van der Waals surface area contributed by atoms with Gasteiger partial charge in [0.15, 0.2) is 5.60 Å². The van der Waals surface area contributed by atoms with Gasteiger partial charge in [0.05, 0.1) is 0 Å². The molecule has 0 fully saturated rings. The molecule has 0 radical (unpaired) electrons. The van der Waals surface area contributed by atoms with Gasteiger partial charge in [0.1, 0.15) is 24.2 Å². The minimum Gasteiger partial charge on any atom is -0.480 e. The summed E-state index contributed by atoms with van der Waals surface area (Å²) in [5.74, 6) is 0.648. The van der Waals surface area contributed by atoms with Crippen LogP contribution in [0.1, 0.15) is 20.1 Å². The third-order valence-corrected chi connectivity index (χ3v) is 4.25. The third-order valence-electron chi connectivity index (χ3n) is 3.74. The molecule has 8 heteroatoms. The average molecular weight is 406 g/mol. The van der Waals surface area contributed by atoms with Crippen LogP contribution in [0.3, 0.4) is 0 Å². The van der Waals surface area contributed by atoms with Crippen molar-refractivity contribution in [3.63, 3.8) is 0 Å². The lowest BCUT2D eigenvalue weighted by Crippen LogP contribution is -2.45. The molecule has 0 N–H and O–H groups in total. The summed E-state index contributed by atoms with van der Waals surface area (Å²) >= 11 is 11.8. The number of benzene rings is 2. The monoisotopic (exact) mass is 405 g/mol. The normalized spacial score (nSPS) is 12.4. The number of ketones is 1. The van der Waals surface area contributed by atoms with Crippen LogP contribution in [0.15, 0.2) is 61.2 Å². The fraction of sp³-hybridized carbons (Fsp3) is 0.211. The van der Waals surface area contributed by atoms with Crippen molar-refractivity contribution in [1.82, 2.24) is 14.8 Å². The second kappa shape index (κ2) is 7.98. The van der Waals surface area contributed by atoms with Crippen molar-refractivity contribution >= 4 is 29.0 Å². The number of aromatic nitrogens is 3. The van der Waals surface area contributed by atoms with E-state index in [9.17, 15) is 4.79 Å². The quantitative estimate of drug-likeness (QED) is 0.574. The van der Waals surface area contributed by atoms with Crippen LogP contribution in [0.2, 0.25) is 10.0 Å². The summed E-state index contributed by atoms with van der Waals surface area (Å²) in [6, 6.07) is 13.5. The number of halogens is 2. The van der Waals surface area contributed by atoms with Gasteiger partial charge >= 0.3 is 0 Å². The lowest BCUT2D eigenvalue weighted by atomic mass is 10.0. The molecule has 27 heavy (non-hydrogen) atoms. The van der Waals surface area contributed by atoms with Gasteiger partial charge in [-0.15, -0.1) is 0 Å². The summed E-state index contributed by atoms with van der Waals surface area (Å²) in [4.78, 5) is 17.1. The fourth-order valence-electron chi connectivity index (χ4n) is 2.35. The number of hydrogen-bond donors (Lipinski definition) is 0. The minimum atomic E-state index is -1.20. The Labute approximate surface area is 166 Å². The molecule has 0 spiro atoms. The third kappa shape index (κ3) is 4.78. The van der Waals surface area contributed by atoms with Crippen LogP contribution in [-0.4, -0.2) is 26.1 Å². The highest BCUT2D eigenvalue weighted by atomic mass is 35.5. The van der Waals surface area contributed by atoms with Gasteiger partial charge in [-0.3, -0.25) is 4.79 Å². The molecule has 1 aromatic heterocycles. The van der Waals surface area contributed by atoms with Crippen molar-refractivity contribution in [3.05, 3.63) is 71.2 Å². The van der Waals surface area contributed by atoms with Gasteiger partial charge < -0.3 is 9.47 Å². The average Bonchev–Trinajstić information content (AvgIpc) is 3.17. The van der Waals surface area contributed by atoms with Gasteiger partial charge in [0.2, 0.25) is 5.78 Å². The minimum absolute atomic E-state index is 0.335. The molecule has 0 saturated heterocycles. The molecule has 0 aliphatic carbocycles. The first kappa shape index (κ1) is 19.2. The number of ether oxygens (including phenoxy) is 2. The van der Waals surface area contributed by atoms with E-state index in [-0.39, 0.29) is 5.78 Å². The van der Waals surface area contributed by atoms with E-state index >= 15 is 0 Å². The molecule has 3 aromatic rings. The number of carbonyl (C=O) groups excluding carboxylic acids is 1. The lowest BCUT2D eigenvalue weighted by molar-refractivity contribution is -0.144. The maximum Gasteiger partial charge on any atom is 0.255 e. The van der Waals surface area contributed by atoms with Crippen LogP contribution in [0, 0.1) is 0 Å². The van der Waals surface area contributed by atoms with E-state index in [2.05, 4.69) is 10.1 Å². The molecule has 6 nitrogen and oxygen atoms in total. The Hall–Kier alpha value is -2.57. The Morgan fingerprint density at radius 2 is 1.56 bits per heavy atom. The van der Waals surface area contributed by atoms with E-state index in [1.54, 1.807) is 62.4 Å². The predicted octanol–water partition coefficient (Wildman–Crippen LogP) is 4.59. The molecule has 2 aromatic carbocycles. The molecule has 0 aliphatic heterocycles. The summed E-state index contributed by atoms with van der Waals surface area (Å²) < 4.78 is 13.1. The Morgan fingerprint density at radius 3 is 2.07 bits per heavy atom. The zero-order valence-corrected chi connectivity index (χ0v) is 16.2. The Balaban J connectivity index is 1.85. The Kier molecular flexibility index (Phi) is 5.68. The van der Waals surface area contributed by atoms with E-state index in [4.69, 9.17) is 32.7 Å². The van der Waals surface area contributed by atoms with E-state index < -0.39 is 11.8 Å². The zero-order valence-electron chi connectivity index (χ0n) is 14.7. The number of carbonyl (C=O) groups is 1. The number of rotatable bonds is 7. The second-order valence-electron chi connectivity index (χ2n) is 6.23. The van der Waals surface area contributed by atoms with Crippen LogP contribution < -0.4 is 9.47 Å². The number of Topliss-reactive ketones (excluding diaryl/α,β-unsaturated/α-hetero) is 1. The Bertz CT molecular complexity index is 895. The molecule has 0 amide bonds. The van der Waals surface area contributed by atoms with Crippen LogP contribution in [0.5, 0.6) is 11.5 Å². The van der Waals surface area contributed by atoms with Gasteiger partial charge in [0.25, 0.3) is 6.23 Å². The first-order valence-corrected chi connectivity index (χ1v) is 8.86. The van der Waals surface area contributed by atoms with Crippen LogP contribution in [-0.2, 0) is 4.79 Å². The summed E-state index contributed by atoms with van der Waals surface area (Å²) in [5, 5.41) is 5.19. The standard InChI is InChI=1S/C19H17Cl2N3O3/c1-19(2,27-16-9-5-14(21)6-10-16)17(25)18(24-12-22-11-23-24)26-15-7-3-13(20)4-8-15/h3-12,18H,1-2H3. The highest BCUT2D eigenvalue weighted by molar-refractivity contribution is 6.30. The maximum absolute atomic E-state index is 13.2. The SMILES string of the molecule is CC(C)(Oc1ccc(Cl)cc1)C(=O)C(Oc1ccc(Cl)cc1)n1cncn1. The first-order chi connectivity index (χ1) is 12.8. The van der Waals surface area contributed by atoms with Gasteiger partial charge in [-0.1, -0.05) is 23.2 Å². The molecule has 0 bridgehead atoms. The first-order valence-electron chi connectivity index (χ1n) is 8.10. The lowest BCUT2D eigenvalue weighted by Gasteiger charge is -2.29. The predicted molar refractivity (Wildman–Crippen MR) is 102 cm³/mol. The molecule has 140 valence electrons. The van der Waals surface area contributed by atoms with Gasteiger partial charge in [-0.2, -0.15) is 5.10 Å². The van der Waals surface area contributed by atoms with Crippen LogP contribution in [0.4, 0.5) is 0 Å². The molecule has 1 unspecified atom stereocenters. The zero-order chi connectivity index (χ0) is 19.4.